The van der Waals surface area contributed by atoms with Gasteiger partial charge >= 0.3 is 0 Å². The van der Waals surface area contributed by atoms with Crippen LogP contribution in [0.5, 0.6) is 0 Å². The second kappa shape index (κ2) is 8.60. The van der Waals surface area contributed by atoms with Crippen LogP contribution in [0.4, 0.5) is 8.78 Å². The Morgan fingerprint density at radius 2 is 1.80 bits per heavy atom. The Morgan fingerprint density at radius 3 is 2.44 bits per heavy atom. The van der Waals surface area contributed by atoms with Gasteiger partial charge in [-0.1, -0.05) is 30.3 Å². The highest BCUT2D eigenvalue weighted by molar-refractivity contribution is 14.0. The Hall–Kier alpha value is -1.70. The van der Waals surface area contributed by atoms with Crippen molar-refractivity contribution in [1.29, 1.82) is 0 Å². The number of aliphatic imine (C=N–C) groups is 1. The first-order valence-corrected chi connectivity index (χ1v) is 8.07. The van der Waals surface area contributed by atoms with E-state index in [9.17, 15) is 8.78 Å². The zero-order valence-electron chi connectivity index (χ0n) is 14.1. The van der Waals surface area contributed by atoms with Crippen molar-refractivity contribution in [3.63, 3.8) is 0 Å². The van der Waals surface area contributed by atoms with Gasteiger partial charge in [0, 0.05) is 31.1 Å². The van der Waals surface area contributed by atoms with Gasteiger partial charge in [0.15, 0.2) is 5.96 Å². The SMILES string of the molecule is CN=C(NCc1cc(F)ccc1F)NCC1(c2ccccc2)CC1.I. The predicted molar refractivity (Wildman–Crippen MR) is 107 cm³/mol. The lowest BCUT2D eigenvalue weighted by atomic mass is 9.96. The largest absolute Gasteiger partial charge is 0.356 e. The fraction of sp³-hybridized carbons (Fsp3) is 0.316. The molecule has 25 heavy (non-hydrogen) atoms. The van der Waals surface area contributed by atoms with E-state index in [1.807, 2.05) is 6.07 Å². The summed E-state index contributed by atoms with van der Waals surface area (Å²) in [7, 11) is 1.67. The molecule has 0 radical (unpaired) electrons. The monoisotopic (exact) mass is 457 g/mol. The van der Waals surface area contributed by atoms with Crippen LogP contribution in [0, 0.1) is 11.6 Å². The third kappa shape index (κ3) is 4.90. The molecule has 1 fully saturated rings. The third-order valence-electron chi connectivity index (χ3n) is 4.51. The molecule has 1 aliphatic rings. The van der Waals surface area contributed by atoms with E-state index >= 15 is 0 Å². The Labute approximate surface area is 164 Å². The van der Waals surface area contributed by atoms with Gasteiger partial charge in [-0.15, -0.1) is 24.0 Å². The minimum Gasteiger partial charge on any atom is -0.356 e. The van der Waals surface area contributed by atoms with E-state index in [4.69, 9.17) is 0 Å². The fourth-order valence-corrected chi connectivity index (χ4v) is 2.84. The molecule has 1 saturated carbocycles. The van der Waals surface area contributed by atoms with E-state index in [1.165, 1.54) is 11.6 Å². The quantitative estimate of drug-likeness (QED) is 0.405. The number of halogens is 3. The van der Waals surface area contributed by atoms with Crippen molar-refractivity contribution in [2.45, 2.75) is 24.8 Å². The zero-order chi connectivity index (χ0) is 17.0. The molecule has 0 bridgehead atoms. The fourth-order valence-electron chi connectivity index (χ4n) is 2.84. The smallest absolute Gasteiger partial charge is 0.191 e. The molecular formula is C19H22F2IN3. The molecule has 2 aromatic carbocycles. The van der Waals surface area contributed by atoms with Crippen LogP contribution in [0.2, 0.25) is 0 Å². The lowest BCUT2D eigenvalue weighted by molar-refractivity contribution is 0.580. The summed E-state index contributed by atoms with van der Waals surface area (Å²) in [6.45, 7) is 0.948. The maximum absolute atomic E-state index is 13.7. The number of nitrogens with one attached hydrogen (secondary N) is 2. The summed E-state index contributed by atoms with van der Waals surface area (Å²) >= 11 is 0. The molecule has 0 atom stereocenters. The lowest BCUT2D eigenvalue weighted by Crippen LogP contribution is -2.41. The molecule has 3 nitrogen and oxygen atoms in total. The molecule has 2 N–H and O–H groups in total. The lowest BCUT2D eigenvalue weighted by Gasteiger charge is -2.19. The van der Waals surface area contributed by atoms with Crippen LogP contribution in [0.25, 0.3) is 0 Å². The normalized spacial score (nSPS) is 15.2. The predicted octanol–water partition coefficient (Wildman–Crippen LogP) is 3.98. The minimum atomic E-state index is -0.447. The summed E-state index contributed by atoms with van der Waals surface area (Å²) in [6.07, 6.45) is 2.28. The van der Waals surface area contributed by atoms with E-state index in [2.05, 4.69) is 39.9 Å². The van der Waals surface area contributed by atoms with Crippen molar-refractivity contribution in [2.75, 3.05) is 13.6 Å². The van der Waals surface area contributed by atoms with Gasteiger partial charge in [0.2, 0.25) is 0 Å². The van der Waals surface area contributed by atoms with Crippen LogP contribution < -0.4 is 10.6 Å². The van der Waals surface area contributed by atoms with Crippen molar-refractivity contribution in [1.82, 2.24) is 10.6 Å². The van der Waals surface area contributed by atoms with Gasteiger partial charge in [0.25, 0.3) is 0 Å². The van der Waals surface area contributed by atoms with E-state index in [0.29, 0.717) is 5.96 Å². The first kappa shape index (κ1) is 19.6. The Bertz CT molecular complexity index is 731. The summed E-state index contributed by atoms with van der Waals surface area (Å²) in [5.41, 5.74) is 1.76. The summed E-state index contributed by atoms with van der Waals surface area (Å²) in [6, 6.07) is 13.9. The molecule has 0 spiro atoms. The molecule has 0 amide bonds. The first-order chi connectivity index (χ1) is 11.6. The van der Waals surface area contributed by atoms with Gasteiger partial charge in [-0.25, -0.2) is 8.78 Å². The van der Waals surface area contributed by atoms with Crippen LogP contribution in [-0.4, -0.2) is 19.6 Å². The average Bonchev–Trinajstić information content (AvgIpc) is 3.40. The maximum Gasteiger partial charge on any atom is 0.191 e. The van der Waals surface area contributed by atoms with E-state index < -0.39 is 11.6 Å². The minimum absolute atomic E-state index is 0. The molecule has 3 rings (SSSR count). The zero-order valence-corrected chi connectivity index (χ0v) is 16.4. The summed E-state index contributed by atoms with van der Waals surface area (Å²) in [5, 5.41) is 6.34. The van der Waals surface area contributed by atoms with Crippen molar-refractivity contribution in [3.8, 4) is 0 Å². The summed E-state index contributed by atoms with van der Waals surface area (Å²) < 4.78 is 26.9. The van der Waals surface area contributed by atoms with Crippen LogP contribution in [0.15, 0.2) is 53.5 Å². The van der Waals surface area contributed by atoms with Gasteiger partial charge in [-0.3, -0.25) is 4.99 Å². The highest BCUT2D eigenvalue weighted by Crippen LogP contribution is 2.47. The third-order valence-corrected chi connectivity index (χ3v) is 4.51. The van der Waals surface area contributed by atoms with Crippen LogP contribution >= 0.6 is 24.0 Å². The number of guanidine groups is 1. The molecular weight excluding hydrogens is 435 g/mol. The molecule has 2 aromatic rings. The molecule has 0 saturated heterocycles. The highest BCUT2D eigenvalue weighted by atomic mass is 127. The van der Waals surface area contributed by atoms with Crippen LogP contribution in [0.1, 0.15) is 24.0 Å². The Balaban J connectivity index is 0.00000225. The molecule has 134 valence electrons. The van der Waals surface area contributed by atoms with Crippen molar-refractivity contribution < 1.29 is 8.78 Å². The molecule has 1 aliphatic carbocycles. The number of hydrogen-bond donors (Lipinski definition) is 2. The average molecular weight is 457 g/mol. The Kier molecular flexibility index (Phi) is 6.75. The molecule has 0 unspecified atom stereocenters. The summed E-state index contributed by atoms with van der Waals surface area (Å²) in [4.78, 5) is 4.16. The second-order valence-corrected chi connectivity index (χ2v) is 6.16. The second-order valence-electron chi connectivity index (χ2n) is 6.16. The topological polar surface area (TPSA) is 36.4 Å². The van der Waals surface area contributed by atoms with Crippen molar-refractivity contribution in [3.05, 3.63) is 71.3 Å². The molecule has 6 heteroatoms. The van der Waals surface area contributed by atoms with E-state index in [1.54, 1.807) is 7.05 Å². The van der Waals surface area contributed by atoms with Gasteiger partial charge in [-0.05, 0) is 36.6 Å². The van der Waals surface area contributed by atoms with Gasteiger partial charge < -0.3 is 10.6 Å². The van der Waals surface area contributed by atoms with Crippen molar-refractivity contribution in [2.24, 2.45) is 4.99 Å². The molecule has 0 heterocycles. The van der Waals surface area contributed by atoms with Gasteiger partial charge in [0.1, 0.15) is 11.6 Å². The Morgan fingerprint density at radius 1 is 1.08 bits per heavy atom. The van der Waals surface area contributed by atoms with Gasteiger partial charge in [0.05, 0.1) is 0 Å². The number of hydrogen-bond acceptors (Lipinski definition) is 1. The standard InChI is InChI=1S/C19H21F2N3.HI/c1-22-18(23-12-14-11-16(20)7-8-17(14)21)24-13-19(9-10-19)15-5-3-2-4-6-15;/h2-8,11H,9-10,12-13H2,1H3,(H2,22,23,24);1H. The molecule has 0 aromatic heterocycles. The summed E-state index contributed by atoms with van der Waals surface area (Å²) in [5.74, 6) is -0.291. The number of benzene rings is 2. The van der Waals surface area contributed by atoms with Crippen LogP contribution in [0.3, 0.4) is 0 Å². The van der Waals surface area contributed by atoms with Gasteiger partial charge in [-0.2, -0.15) is 0 Å². The highest BCUT2D eigenvalue weighted by Gasteiger charge is 2.43. The molecule has 0 aliphatic heterocycles. The van der Waals surface area contributed by atoms with E-state index in [0.717, 1.165) is 31.5 Å². The van der Waals surface area contributed by atoms with E-state index in [-0.39, 0.29) is 41.5 Å². The van der Waals surface area contributed by atoms with Crippen molar-refractivity contribution >= 4 is 29.9 Å². The maximum atomic E-state index is 13.7. The number of rotatable bonds is 5. The van der Waals surface area contributed by atoms with Crippen LogP contribution in [-0.2, 0) is 12.0 Å². The first-order valence-electron chi connectivity index (χ1n) is 8.07. The number of nitrogens with zero attached hydrogens (tertiary/aromatic N) is 1.